The van der Waals surface area contributed by atoms with E-state index in [1.165, 1.54) is 10.9 Å². The Morgan fingerprint density at radius 2 is 1.92 bits per heavy atom. The lowest BCUT2D eigenvalue weighted by Gasteiger charge is -2.06. The average Bonchev–Trinajstić information content (AvgIpc) is 3.21. The van der Waals surface area contributed by atoms with Gasteiger partial charge in [-0.3, -0.25) is 19.0 Å². The largest absolute Gasteiger partial charge is 0.481 e. The molecule has 1 aromatic carbocycles. The Morgan fingerprint density at radius 3 is 2.65 bits per heavy atom. The topological polar surface area (TPSA) is 102 Å². The van der Waals surface area contributed by atoms with Crippen molar-refractivity contribution in [2.24, 2.45) is 0 Å². The van der Waals surface area contributed by atoms with Gasteiger partial charge in [-0.1, -0.05) is 30.3 Å². The number of hydrogen-bond acceptors (Lipinski definition) is 4. The summed E-state index contributed by atoms with van der Waals surface area (Å²) in [4.78, 5) is 23.2. The Labute approximate surface area is 150 Å². The molecule has 2 aromatic heterocycles. The van der Waals surface area contributed by atoms with E-state index in [0.717, 1.165) is 11.3 Å². The number of hydrogen-bond donors (Lipinski definition) is 2. The Hall–Kier alpha value is -3.42. The Kier molecular flexibility index (Phi) is 5.12. The van der Waals surface area contributed by atoms with Gasteiger partial charge in [0.2, 0.25) is 0 Å². The van der Waals surface area contributed by atoms with E-state index in [4.69, 9.17) is 5.11 Å². The van der Waals surface area contributed by atoms with E-state index in [2.05, 4.69) is 15.5 Å². The molecule has 0 spiro atoms. The predicted molar refractivity (Wildman–Crippen MR) is 94.9 cm³/mol. The second-order valence-corrected chi connectivity index (χ2v) is 5.85. The van der Waals surface area contributed by atoms with Crippen LogP contribution in [0.1, 0.15) is 28.2 Å². The van der Waals surface area contributed by atoms with Gasteiger partial charge in [0, 0.05) is 18.0 Å². The molecular formula is C18H19N5O3. The quantitative estimate of drug-likeness (QED) is 0.678. The van der Waals surface area contributed by atoms with Crippen molar-refractivity contribution in [3.05, 3.63) is 65.6 Å². The van der Waals surface area contributed by atoms with Crippen molar-refractivity contribution in [3.8, 4) is 0 Å². The summed E-state index contributed by atoms with van der Waals surface area (Å²) in [7, 11) is 0. The third-order valence-corrected chi connectivity index (χ3v) is 3.88. The molecule has 0 fully saturated rings. The number of benzene rings is 1. The number of aliphatic carboxylic acids is 1. The number of aromatic nitrogens is 4. The maximum atomic E-state index is 12.5. The van der Waals surface area contributed by atoms with Crippen molar-refractivity contribution in [2.75, 3.05) is 5.32 Å². The number of anilines is 1. The van der Waals surface area contributed by atoms with Crippen molar-refractivity contribution in [3.63, 3.8) is 0 Å². The normalized spacial score (nSPS) is 10.7. The summed E-state index contributed by atoms with van der Waals surface area (Å²) in [6.07, 6.45) is 1.36. The minimum absolute atomic E-state index is 0.104. The fraction of sp³-hybridized carbons (Fsp3) is 0.222. The fourth-order valence-corrected chi connectivity index (χ4v) is 2.57. The molecule has 3 rings (SSSR count). The van der Waals surface area contributed by atoms with Gasteiger partial charge in [0.1, 0.15) is 5.69 Å². The first-order valence-corrected chi connectivity index (χ1v) is 8.16. The molecule has 0 radical (unpaired) electrons. The van der Waals surface area contributed by atoms with Gasteiger partial charge in [-0.2, -0.15) is 10.2 Å². The highest BCUT2D eigenvalue weighted by Gasteiger charge is 2.15. The number of aryl methyl sites for hydroxylation is 2. The smallest absolute Gasteiger partial charge is 0.305 e. The molecular weight excluding hydrogens is 334 g/mol. The van der Waals surface area contributed by atoms with Crippen LogP contribution in [0.15, 0.2) is 48.7 Å². The Balaban J connectivity index is 1.70. The van der Waals surface area contributed by atoms with Crippen LogP contribution in [0.2, 0.25) is 0 Å². The third kappa shape index (κ3) is 4.15. The zero-order chi connectivity index (χ0) is 18.5. The predicted octanol–water partition coefficient (Wildman–Crippen LogP) is 2.16. The second kappa shape index (κ2) is 7.64. The number of carboxylic acid groups (broad SMARTS) is 1. The number of amides is 1. The monoisotopic (exact) mass is 353 g/mol. The summed E-state index contributed by atoms with van der Waals surface area (Å²) in [5.74, 6) is -0.881. The lowest BCUT2D eigenvalue weighted by atomic mass is 10.2. The molecule has 0 aliphatic rings. The van der Waals surface area contributed by atoms with Gasteiger partial charge in [0.25, 0.3) is 5.91 Å². The first kappa shape index (κ1) is 17.4. The molecule has 0 saturated heterocycles. The molecule has 2 heterocycles. The Bertz CT molecular complexity index is 914. The van der Waals surface area contributed by atoms with Gasteiger partial charge in [0.15, 0.2) is 5.82 Å². The summed E-state index contributed by atoms with van der Waals surface area (Å²) in [5.41, 5.74) is 2.33. The first-order valence-electron chi connectivity index (χ1n) is 8.16. The zero-order valence-corrected chi connectivity index (χ0v) is 14.3. The van der Waals surface area contributed by atoms with Crippen LogP contribution in [0.4, 0.5) is 5.82 Å². The van der Waals surface area contributed by atoms with Crippen LogP contribution >= 0.6 is 0 Å². The summed E-state index contributed by atoms with van der Waals surface area (Å²) < 4.78 is 3.18. The minimum atomic E-state index is -0.942. The molecule has 2 N–H and O–H groups in total. The van der Waals surface area contributed by atoms with E-state index in [1.807, 2.05) is 41.9 Å². The number of carboxylic acids is 1. The maximum absolute atomic E-state index is 12.5. The first-order chi connectivity index (χ1) is 12.5. The van der Waals surface area contributed by atoms with Gasteiger partial charge < -0.3 is 10.4 Å². The van der Waals surface area contributed by atoms with Crippen molar-refractivity contribution >= 4 is 17.7 Å². The highest BCUT2D eigenvalue weighted by atomic mass is 16.4. The molecule has 0 atom stereocenters. The number of carbonyl (C=O) groups is 2. The molecule has 1 amide bonds. The molecule has 0 aliphatic carbocycles. The summed E-state index contributed by atoms with van der Waals surface area (Å²) >= 11 is 0. The molecule has 3 aromatic rings. The molecule has 8 heteroatoms. The number of nitrogens with zero attached hydrogens (tertiary/aromatic N) is 4. The van der Waals surface area contributed by atoms with Crippen molar-refractivity contribution in [1.29, 1.82) is 0 Å². The van der Waals surface area contributed by atoms with E-state index >= 15 is 0 Å². The van der Waals surface area contributed by atoms with E-state index in [1.54, 1.807) is 12.1 Å². The summed E-state index contributed by atoms with van der Waals surface area (Å²) in [6.45, 7) is 2.66. The molecule has 8 nitrogen and oxygen atoms in total. The SMILES string of the molecule is Cc1cc(NC(=O)c2ccnn2CCC(=O)O)nn1Cc1ccccc1. The summed E-state index contributed by atoms with van der Waals surface area (Å²) in [5, 5.41) is 19.9. The lowest BCUT2D eigenvalue weighted by Crippen LogP contribution is -2.19. The number of rotatable bonds is 7. The molecule has 0 aliphatic heterocycles. The van der Waals surface area contributed by atoms with Crippen LogP contribution in [-0.4, -0.2) is 36.5 Å². The minimum Gasteiger partial charge on any atom is -0.481 e. The third-order valence-electron chi connectivity index (χ3n) is 3.88. The molecule has 0 saturated carbocycles. The lowest BCUT2D eigenvalue weighted by molar-refractivity contribution is -0.137. The zero-order valence-electron chi connectivity index (χ0n) is 14.3. The number of carbonyl (C=O) groups excluding carboxylic acids is 1. The van der Waals surface area contributed by atoms with Crippen molar-refractivity contribution in [1.82, 2.24) is 19.6 Å². The van der Waals surface area contributed by atoms with Crippen LogP contribution < -0.4 is 5.32 Å². The van der Waals surface area contributed by atoms with Crippen LogP contribution in [0.5, 0.6) is 0 Å². The van der Waals surface area contributed by atoms with Gasteiger partial charge in [-0.25, -0.2) is 0 Å². The standard InChI is InChI=1S/C18H19N5O3/c1-13-11-16(21-23(13)12-14-5-3-2-4-6-14)20-18(26)15-7-9-19-22(15)10-8-17(24)25/h2-7,9,11H,8,10,12H2,1H3,(H,24,25)(H,20,21,26). The van der Waals surface area contributed by atoms with E-state index < -0.39 is 5.97 Å². The average molecular weight is 353 g/mol. The number of nitrogens with one attached hydrogen (secondary N) is 1. The van der Waals surface area contributed by atoms with Gasteiger partial charge in [0.05, 0.1) is 19.5 Å². The molecule has 26 heavy (non-hydrogen) atoms. The highest BCUT2D eigenvalue weighted by molar-refractivity contribution is 6.02. The van der Waals surface area contributed by atoms with E-state index in [9.17, 15) is 9.59 Å². The Morgan fingerprint density at radius 1 is 1.15 bits per heavy atom. The van der Waals surface area contributed by atoms with Crippen molar-refractivity contribution < 1.29 is 14.7 Å². The van der Waals surface area contributed by atoms with Gasteiger partial charge in [-0.15, -0.1) is 0 Å². The van der Waals surface area contributed by atoms with E-state index in [-0.39, 0.29) is 18.9 Å². The van der Waals surface area contributed by atoms with Gasteiger partial charge >= 0.3 is 5.97 Å². The molecule has 0 unspecified atom stereocenters. The fourth-order valence-electron chi connectivity index (χ4n) is 2.57. The molecule has 134 valence electrons. The van der Waals surface area contributed by atoms with Crippen LogP contribution in [-0.2, 0) is 17.9 Å². The molecule has 0 bridgehead atoms. The second-order valence-electron chi connectivity index (χ2n) is 5.85. The van der Waals surface area contributed by atoms with Crippen LogP contribution in [0.25, 0.3) is 0 Å². The van der Waals surface area contributed by atoms with Crippen LogP contribution in [0, 0.1) is 6.92 Å². The summed E-state index contributed by atoms with van der Waals surface area (Å²) in [6, 6.07) is 13.3. The van der Waals surface area contributed by atoms with Gasteiger partial charge in [-0.05, 0) is 18.6 Å². The van der Waals surface area contributed by atoms with Crippen molar-refractivity contribution in [2.45, 2.75) is 26.4 Å². The van der Waals surface area contributed by atoms with E-state index in [0.29, 0.717) is 18.1 Å². The maximum Gasteiger partial charge on any atom is 0.305 e. The highest BCUT2D eigenvalue weighted by Crippen LogP contribution is 2.13. The van der Waals surface area contributed by atoms with Crippen LogP contribution in [0.3, 0.4) is 0 Å².